The normalized spacial score (nSPS) is 19.3. The van der Waals surface area contributed by atoms with Crippen LogP contribution in [0.2, 0.25) is 0 Å². The Morgan fingerprint density at radius 1 is 1.19 bits per heavy atom. The summed E-state index contributed by atoms with van der Waals surface area (Å²) >= 11 is 0. The third-order valence-corrected chi connectivity index (χ3v) is 6.47. The Hall–Kier alpha value is -2.22. The summed E-state index contributed by atoms with van der Waals surface area (Å²) in [7, 11) is -3.59. The summed E-state index contributed by atoms with van der Waals surface area (Å²) in [6.45, 7) is 1.53. The first-order valence-electron chi connectivity index (χ1n) is 9.16. The van der Waals surface area contributed by atoms with E-state index in [9.17, 15) is 13.2 Å². The zero-order valence-corrected chi connectivity index (χ0v) is 15.7. The van der Waals surface area contributed by atoms with Gasteiger partial charge in [-0.2, -0.15) is 0 Å². The molecule has 0 spiro atoms. The van der Waals surface area contributed by atoms with Gasteiger partial charge in [-0.15, -0.1) is 0 Å². The van der Waals surface area contributed by atoms with Crippen LogP contribution < -0.4 is 9.62 Å². The molecule has 2 aromatic rings. The Labute approximate surface area is 159 Å². The van der Waals surface area contributed by atoms with Gasteiger partial charge in [0.1, 0.15) is 0 Å². The lowest BCUT2D eigenvalue weighted by Crippen LogP contribution is -2.32. The standard InChI is InChI=1S/C20H22N2O4S/c23-20(15-5-2-1-3-6-15)22-11-10-16-13-18(8-9-19(16)22)27(24,25)21-14-17-7-4-12-26-17/h1-3,5-6,8-9,13,17,21H,4,7,10-12,14H2/t17-/m0/s1. The van der Waals surface area contributed by atoms with Crippen molar-refractivity contribution in [3.8, 4) is 0 Å². The highest BCUT2D eigenvalue weighted by Crippen LogP contribution is 2.31. The molecule has 6 nitrogen and oxygen atoms in total. The first kappa shape index (κ1) is 18.2. The highest BCUT2D eigenvalue weighted by molar-refractivity contribution is 7.89. The molecule has 2 aliphatic heterocycles. The van der Waals surface area contributed by atoms with Crippen molar-refractivity contribution in [2.75, 3.05) is 24.6 Å². The van der Waals surface area contributed by atoms with Crippen molar-refractivity contribution in [3.63, 3.8) is 0 Å². The summed E-state index contributed by atoms with van der Waals surface area (Å²) in [6, 6.07) is 14.1. The molecule has 0 radical (unpaired) electrons. The van der Waals surface area contributed by atoms with Gasteiger partial charge >= 0.3 is 0 Å². The van der Waals surface area contributed by atoms with Gasteiger partial charge in [-0.3, -0.25) is 4.79 Å². The monoisotopic (exact) mass is 386 g/mol. The lowest BCUT2D eigenvalue weighted by atomic mass is 10.1. The van der Waals surface area contributed by atoms with Crippen LogP contribution in [0.15, 0.2) is 53.4 Å². The van der Waals surface area contributed by atoms with Crippen LogP contribution in [-0.2, 0) is 21.2 Å². The Bertz CT molecular complexity index is 938. The van der Waals surface area contributed by atoms with E-state index in [-0.39, 0.29) is 23.5 Å². The maximum absolute atomic E-state index is 12.7. The van der Waals surface area contributed by atoms with Gasteiger partial charge in [-0.05, 0) is 55.2 Å². The van der Waals surface area contributed by atoms with Crippen molar-refractivity contribution in [1.82, 2.24) is 4.72 Å². The molecule has 0 bridgehead atoms. The predicted octanol–water partition coefficient (Wildman–Crippen LogP) is 2.35. The number of sulfonamides is 1. The number of ether oxygens (including phenoxy) is 1. The molecule has 27 heavy (non-hydrogen) atoms. The number of hydrogen-bond acceptors (Lipinski definition) is 4. The van der Waals surface area contributed by atoms with Crippen LogP contribution in [0.4, 0.5) is 5.69 Å². The lowest BCUT2D eigenvalue weighted by molar-refractivity contribution is 0.0989. The number of fused-ring (bicyclic) bond motifs is 1. The van der Waals surface area contributed by atoms with Crippen LogP contribution in [0.3, 0.4) is 0 Å². The molecular weight excluding hydrogens is 364 g/mol. The molecule has 2 aliphatic rings. The van der Waals surface area contributed by atoms with E-state index in [4.69, 9.17) is 4.74 Å². The van der Waals surface area contributed by atoms with Gasteiger partial charge in [0.25, 0.3) is 5.91 Å². The second kappa shape index (κ2) is 7.42. The topological polar surface area (TPSA) is 75.7 Å². The zero-order chi connectivity index (χ0) is 18.9. The van der Waals surface area contributed by atoms with Gasteiger partial charge in [-0.1, -0.05) is 18.2 Å². The number of rotatable bonds is 5. The second-order valence-corrected chi connectivity index (χ2v) is 8.62. The molecule has 0 saturated carbocycles. The Kier molecular flexibility index (Phi) is 4.99. The van der Waals surface area contributed by atoms with E-state index >= 15 is 0 Å². The minimum atomic E-state index is -3.59. The number of benzene rings is 2. The molecule has 1 saturated heterocycles. The highest BCUT2D eigenvalue weighted by Gasteiger charge is 2.27. The molecule has 1 fully saturated rings. The summed E-state index contributed by atoms with van der Waals surface area (Å²) in [5.74, 6) is -0.0681. The van der Waals surface area contributed by atoms with Gasteiger partial charge < -0.3 is 9.64 Å². The van der Waals surface area contributed by atoms with Crippen molar-refractivity contribution in [2.24, 2.45) is 0 Å². The van der Waals surface area contributed by atoms with Gasteiger partial charge in [-0.25, -0.2) is 13.1 Å². The van der Waals surface area contributed by atoms with Crippen molar-refractivity contribution < 1.29 is 17.9 Å². The number of nitrogens with zero attached hydrogens (tertiary/aromatic N) is 1. The summed E-state index contributed by atoms with van der Waals surface area (Å²) in [4.78, 5) is 14.7. The number of carbonyl (C=O) groups is 1. The molecule has 7 heteroatoms. The minimum absolute atomic E-state index is 0.0480. The quantitative estimate of drug-likeness (QED) is 0.856. The average Bonchev–Trinajstić information content (AvgIpc) is 3.36. The third-order valence-electron chi connectivity index (χ3n) is 5.05. The van der Waals surface area contributed by atoms with Crippen LogP contribution in [0.25, 0.3) is 0 Å². The molecule has 4 rings (SSSR count). The fourth-order valence-corrected chi connectivity index (χ4v) is 4.70. The molecular formula is C20H22N2O4S. The zero-order valence-electron chi connectivity index (χ0n) is 14.9. The van der Waals surface area contributed by atoms with Gasteiger partial charge in [0.05, 0.1) is 11.0 Å². The fraction of sp³-hybridized carbons (Fsp3) is 0.350. The van der Waals surface area contributed by atoms with E-state index in [0.717, 1.165) is 24.1 Å². The molecule has 1 atom stereocenters. The molecule has 0 unspecified atom stereocenters. The molecule has 1 N–H and O–H groups in total. The number of hydrogen-bond donors (Lipinski definition) is 1. The van der Waals surface area contributed by atoms with E-state index in [1.165, 1.54) is 0 Å². The minimum Gasteiger partial charge on any atom is -0.377 e. The summed E-state index contributed by atoms with van der Waals surface area (Å²) < 4.78 is 33.3. The molecule has 0 aromatic heterocycles. The average molecular weight is 386 g/mol. The van der Waals surface area contributed by atoms with Crippen LogP contribution >= 0.6 is 0 Å². The number of amides is 1. The van der Waals surface area contributed by atoms with E-state index in [0.29, 0.717) is 25.1 Å². The van der Waals surface area contributed by atoms with Crippen molar-refractivity contribution >= 4 is 21.6 Å². The van der Waals surface area contributed by atoms with Crippen LogP contribution in [0.1, 0.15) is 28.8 Å². The molecule has 0 aliphatic carbocycles. The smallest absolute Gasteiger partial charge is 0.258 e. The first-order valence-corrected chi connectivity index (χ1v) is 10.6. The predicted molar refractivity (Wildman–Crippen MR) is 102 cm³/mol. The first-order chi connectivity index (χ1) is 13.0. The van der Waals surface area contributed by atoms with Crippen molar-refractivity contribution in [1.29, 1.82) is 0 Å². The van der Waals surface area contributed by atoms with Crippen molar-refractivity contribution in [2.45, 2.75) is 30.3 Å². The fourth-order valence-electron chi connectivity index (χ4n) is 3.58. The number of carbonyl (C=O) groups excluding carboxylic acids is 1. The summed E-state index contributed by atoms with van der Waals surface area (Å²) in [6.07, 6.45) is 2.44. The second-order valence-electron chi connectivity index (χ2n) is 6.85. The maximum atomic E-state index is 12.7. The van der Waals surface area contributed by atoms with E-state index < -0.39 is 10.0 Å². The van der Waals surface area contributed by atoms with Crippen LogP contribution in [-0.4, -0.2) is 40.1 Å². The van der Waals surface area contributed by atoms with Gasteiger partial charge in [0.15, 0.2) is 0 Å². The van der Waals surface area contributed by atoms with Gasteiger partial charge in [0.2, 0.25) is 10.0 Å². The van der Waals surface area contributed by atoms with E-state index in [2.05, 4.69) is 4.72 Å². The van der Waals surface area contributed by atoms with Crippen molar-refractivity contribution in [3.05, 3.63) is 59.7 Å². The van der Waals surface area contributed by atoms with Crippen LogP contribution in [0.5, 0.6) is 0 Å². The Morgan fingerprint density at radius 2 is 2.00 bits per heavy atom. The largest absolute Gasteiger partial charge is 0.377 e. The molecule has 1 amide bonds. The summed E-state index contributed by atoms with van der Waals surface area (Å²) in [5, 5.41) is 0. The molecule has 2 aromatic carbocycles. The molecule has 142 valence electrons. The third kappa shape index (κ3) is 3.76. The van der Waals surface area contributed by atoms with E-state index in [1.54, 1.807) is 35.2 Å². The Balaban J connectivity index is 1.51. The van der Waals surface area contributed by atoms with E-state index in [1.807, 2.05) is 18.2 Å². The summed E-state index contributed by atoms with van der Waals surface area (Å²) in [5.41, 5.74) is 2.28. The van der Waals surface area contributed by atoms with Gasteiger partial charge in [0, 0.05) is 30.9 Å². The lowest BCUT2D eigenvalue weighted by Gasteiger charge is -2.18. The molecule has 2 heterocycles. The van der Waals surface area contributed by atoms with Crippen LogP contribution in [0, 0.1) is 0 Å². The number of nitrogens with one attached hydrogen (secondary N) is 1. The Morgan fingerprint density at radius 3 is 2.74 bits per heavy atom. The number of anilines is 1. The highest BCUT2D eigenvalue weighted by atomic mass is 32.2. The SMILES string of the molecule is O=C(c1ccccc1)N1CCc2cc(S(=O)(=O)NC[C@@H]3CCCO3)ccc21. The maximum Gasteiger partial charge on any atom is 0.258 e.